The van der Waals surface area contributed by atoms with E-state index in [2.05, 4.69) is 19.1 Å². The second-order valence-electron chi connectivity index (χ2n) is 4.61. The standard InChI is InChI=1S/C16H18FN/c1-12(9-10-18)13-5-7-14(8-6-13)15-3-2-4-16(17)11-15/h2-8,11-12H,9-10,18H2,1H3. The molecule has 2 aromatic rings. The van der Waals surface area contributed by atoms with Crippen molar-refractivity contribution in [3.8, 4) is 11.1 Å². The lowest BCUT2D eigenvalue weighted by Crippen LogP contribution is -2.04. The van der Waals surface area contributed by atoms with E-state index in [0.29, 0.717) is 12.5 Å². The Kier molecular flexibility index (Phi) is 4.11. The van der Waals surface area contributed by atoms with E-state index in [-0.39, 0.29) is 5.82 Å². The lowest BCUT2D eigenvalue weighted by molar-refractivity contribution is 0.628. The molecule has 0 saturated heterocycles. The Balaban J connectivity index is 2.22. The molecule has 0 aliphatic carbocycles. The molecule has 0 saturated carbocycles. The normalized spacial score (nSPS) is 12.4. The second kappa shape index (κ2) is 5.78. The van der Waals surface area contributed by atoms with Gasteiger partial charge in [0.1, 0.15) is 5.82 Å². The van der Waals surface area contributed by atoms with E-state index in [0.717, 1.165) is 17.5 Å². The van der Waals surface area contributed by atoms with Gasteiger partial charge in [0.05, 0.1) is 0 Å². The number of benzene rings is 2. The van der Waals surface area contributed by atoms with Crippen molar-refractivity contribution in [1.82, 2.24) is 0 Å². The number of rotatable bonds is 4. The Morgan fingerprint density at radius 3 is 2.39 bits per heavy atom. The van der Waals surface area contributed by atoms with E-state index < -0.39 is 0 Å². The topological polar surface area (TPSA) is 26.0 Å². The molecule has 0 bridgehead atoms. The van der Waals surface area contributed by atoms with Crippen molar-refractivity contribution >= 4 is 0 Å². The summed E-state index contributed by atoms with van der Waals surface area (Å²) in [4.78, 5) is 0. The molecule has 0 heterocycles. The molecule has 18 heavy (non-hydrogen) atoms. The Morgan fingerprint density at radius 2 is 1.78 bits per heavy atom. The fraction of sp³-hybridized carbons (Fsp3) is 0.250. The van der Waals surface area contributed by atoms with Gasteiger partial charge in [-0.3, -0.25) is 0 Å². The van der Waals surface area contributed by atoms with Crippen LogP contribution in [0.3, 0.4) is 0 Å². The highest BCUT2D eigenvalue weighted by Crippen LogP contribution is 2.24. The summed E-state index contributed by atoms with van der Waals surface area (Å²) in [6, 6.07) is 14.9. The minimum atomic E-state index is -0.201. The SMILES string of the molecule is CC(CCN)c1ccc(-c2cccc(F)c2)cc1. The molecule has 1 nitrogen and oxygen atoms in total. The summed E-state index contributed by atoms with van der Waals surface area (Å²) in [5, 5.41) is 0. The maximum atomic E-state index is 13.1. The summed E-state index contributed by atoms with van der Waals surface area (Å²) >= 11 is 0. The van der Waals surface area contributed by atoms with Crippen LogP contribution >= 0.6 is 0 Å². The third-order valence-electron chi connectivity index (χ3n) is 3.24. The van der Waals surface area contributed by atoms with Gasteiger partial charge in [0.25, 0.3) is 0 Å². The third kappa shape index (κ3) is 2.96. The first-order valence-corrected chi connectivity index (χ1v) is 6.26. The molecule has 94 valence electrons. The highest BCUT2D eigenvalue weighted by molar-refractivity contribution is 5.63. The van der Waals surface area contributed by atoms with Crippen molar-refractivity contribution in [3.63, 3.8) is 0 Å². The molecule has 1 atom stereocenters. The van der Waals surface area contributed by atoms with E-state index in [4.69, 9.17) is 5.73 Å². The second-order valence-corrected chi connectivity index (χ2v) is 4.61. The lowest BCUT2D eigenvalue weighted by Gasteiger charge is -2.11. The molecule has 2 heteroatoms. The van der Waals surface area contributed by atoms with Crippen molar-refractivity contribution in [3.05, 3.63) is 59.9 Å². The summed E-state index contributed by atoms with van der Waals surface area (Å²) in [7, 11) is 0. The van der Waals surface area contributed by atoms with Gasteiger partial charge < -0.3 is 5.73 Å². The van der Waals surface area contributed by atoms with Crippen LogP contribution in [0.5, 0.6) is 0 Å². The molecule has 2 N–H and O–H groups in total. The van der Waals surface area contributed by atoms with Crippen LogP contribution < -0.4 is 5.73 Å². The number of nitrogens with two attached hydrogens (primary N) is 1. The molecule has 0 amide bonds. The average molecular weight is 243 g/mol. The summed E-state index contributed by atoms with van der Waals surface area (Å²) < 4.78 is 13.1. The zero-order valence-corrected chi connectivity index (χ0v) is 10.6. The highest BCUT2D eigenvalue weighted by Gasteiger charge is 2.05. The van der Waals surface area contributed by atoms with Crippen LogP contribution in [-0.2, 0) is 0 Å². The minimum absolute atomic E-state index is 0.201. The van der Waals surface area contributed by atoms with Gasteiger partial charge in [-0.05, 0) is 47.7 Å². The van der Waals surface area contributed by atoms with E-state index in [9.17, 15) is 4.39 Å². The van der Waals surface area contributed by atoms with Gasteiger partial charge in [0.2, 0.25) is 0 Å². The van der Waals surface area contributed by atoms with Crippen LogP contribution in [0.4, 0.5) is 4.39 Å². The van der Waals surface area contributed by atoms with Gasteiger partial charge in [-0.1, -0.05) is 43.3 Å². The van der Waals surface area contributed by atoms with Crippen molar-refractivity contribution in [1.29, 1.82) is 0 Å². The van der Waals surface area contributed by atoms with E-state index in [1.54, 1.807) is 12.1 Å². The first-order valence-electron chi connectivity index (χ1n) is 6.26. The van der Waals surface area contributed by atoms with Crippen LogP contribution in [0.1, 0.15) is 24.8 Å². The van der Waals surface area contributed by atoms with Crippen molar-refractivity contribution in [2.75, 3.05) is 6.54 Å². The molecule has 2 aromatic carbocycles. The fourth-order valence-corrected chi connectivity index (χ4v) is 2.09. The Morgan fingerprint density at radius 1 is 1.06 bits per heavy atom. The minimum Gasteiger partial charge on any atom is -0.330 e. The van der Waals surface area contributed by atoms with E-state index in [1.165, 1.54) is 11.6 Å². The van der Waals surface area contributed by atoms with Gasteiger partial charge in [0.15, 0.2) is 0 Å². The Bertz CT molecular complexity index is 505. The first-order chi connectivity index (χ1) is 8.70. The molecule has 0 radical (unpaired) electrons. The number of hydrogen-bond donors (Lipinski definition) is 1. The summed E-state index contributed by atoms with van der Waals surface area (Å²) in [5.41, 5.74) is 8.79. The van der Waals surface area contributed by atoms with E-state index in [1.807, 2.05) is 18.2 Å². The molecule has 0 aliphatic heterocycles. The van der Waals surface area contributed by atoms with Crippen molar-refractivity contribution in [2.45, 2.75) is 19.3 Å². The van der Waals surface area contributed by atoms with Gasteiger partial charge in [0, 0.05) is 0 Å². The molecule has 1 unspecified atom stereocenters. The third-order valence-corrected chi connectivity index (χ3v) is 3.24. The maximum absolute atomic E-state index is 13.1. The van der Waals surface area contributed by atoms with Crippen molar-refractivity contribution < 1.29 is 4.39 Å². The first kappa shape index (κ1) is 12.8. The molecule has 0 aromatic heterocycles. The fourth-order valence-electron chi connectivity index (χ4n) is 2.09. The lowest BCUT2D eigenvalue weighted by atomic mass is 9.95. The zero-order valence-electron chi connectivity index (χ0n) is 10.6. The van der Waals surface area contributed by atoms with Crippen LogP contribution in [-0.4, -0.2) is 6.54 Å². The Hall–Kier alpha value is -1.67. The number of halogens is 1. The highest BCUT2D eigenvalue weighted by atomic mass is 19.1. The predicted molar refractivity (Wildman–Crippen MR) is 73.9 cm³/mol. The molecular formula is C16H18FN. The average Bonchev–Trinajstić information content (AvgIpc) is 2.39. The van der Waals surface area contributed by atoms with Crippen molar-refractivity contribution in [2.24, 2.45) is 5.73 Å². The Labute approximate surface area is 107 Å². The molecule has 0 fully saturated rings. The predicted octanol–water partition coefficient (Wildman–Crippen LogP) is 3.95. The summed E-state index contributed by atoms with van der Waals surface area (Å²) in [5.74, 6) is 0.268. The maximum Gasteiger partial charge on any atom is 0.123 e. The van der Waals surface area contributed by atoms with Crippen LogP contribution in [0.2, 0.25) is 0 Å². The smallest absolute Gasteiger partial charge is 0.123 e. The van der Waals surface area contributed by atoms with Crippen LogP contribution in [0.25, 0.3) is 11.1 Å². The largest absolute Gasteiger partial charge is 0.330 e. The van der Waals surface area contributed by atoms with E-state index >= 15 is 0 Å². The van der Waals surface area contributed by atoms with Gasteiger partial charge in [-0.15, -0.1) is 0 Å². The zero-order chi connectivity index (χ0) is 13.0. The van der Waals surface area contributed by atoms with Crippen LogP contribution in [0, 0.1) is 5.82 Å². The monoisotopic (exact) mass is 243 g/mol. The van der Waals surface area contributed by atoms with Gasteiger partial charge >= 0.3 is 0 Å². The van der Waals surface area contributed by atoms with Crippen LogP contribution in [0.15, 0.2) is 48.5 Å². The number of hydrogen-bond acceptors (Lipinski definition) is 1. The molecular weight excluding hydrogens is 225 g/mol. The quantitative estimate of drug-likeness (QED) is 0.864. The molecule has 2 rings (SSSR count). The summed E-state index contributed by atoms with van der Waals surface area (Å²) in [6.07, 6.45) is 0.985. The molecule has 0 spiro atoms. The van der Waals surface area contributed by atoms with Gasteiger partial charge in [-0.25, -0.2) is 4.39 Å². The molecule has 0 aliphatic rings. The van der Waals surface area contributed by atoms with Gasteiger partial charge in [-0.2, -0.15) is 0 Å². The summed E-state index contributed by atoms with van der Waals surface area (Å²) in [6.45, 7) is 2.87.